The SMILES string of the molecule is CC(c1cc(C(F)(F)F)cc(C(F)(F)F)c1)N(C)C(=O)N1CCC[C@@H](NC(=O)OC(C)(C)C)[C@@H]1c1ccccc1. The maximum atomic E-state index is 13.8. The van der Waals surface area contributed by atoms with Crippen molar-refractivity contribution in [3.63, 3.8) is 0 Å². The Kier molecular flexibility index (Phi) is 9.00. The van der Waals surface area contributed by atoms with Gasteiger partial charge >= 0.3 is 24.5 Å². The lowest BCUT2D eigenvalue weighted by Gasteiger charge is -2.44. The van der Waals surface area contributed by atoms with E-state index in [0.29, 0.717) is 30.5 Å². The number of urea groups is 1. The molecule has 0 aromatic heterocycles. The van der Waals surface area contributed by atoms with Crippen molar-refractivity contribution in [1.82, 2.24) is 15.1 Å². The zero-order valence-corrected chi connectivity index (χ0v) is 22.9. The average molecular weight is 574 g/mol. The van der Waals surface area contributed by atoms with E-state index in [9.17, 15) is 35.9 Å². The Morgan fingerprint density at radius 3 is 2.02 bits per heavy atom. The lowest BCUT2D eigenvalue weighted by Crippen LogP contribution is -2.55. The van der Waals surface area contributed by atoms with E-state index >= 15 is 0 Å². The Morgan fingerprint density at radius 1 is 0.975 bits per heavy atom. The Balaban J connectivity index is 1.95. The van der Waals surface area contributed by atoms with Gasteiger partial charge in [-0.3, -0.25) is 0 Å². The van der Waals surface area contributed by atoms with Gasteiger partial charge in [0.1, 0.15) is 5.60 Å². The van der Waals surface area contributed by atoms with E-state index in [1.165, 1.54) is 18.9 Å². The fraction of sp³-hybridized carbons (Fsp3) is 0.500. The van der Waals surface area contributed by atoms with Crippen molar-refractivity contribution in [2.24, 2.45) is 0 Å². The summed E-state index contributed by atoms with van der Waals surface area (Å²) < 4.78 is 86.0. The van der Waals surface area contributed by atoms with Crippen molar-refractivity contribution in [2.75, 3.05) is 13.6 Å². The first-order valence-corrected chi connectivity index (χ1v) is 12.8. The molecule has 12 heteroatoms. The smallest absolute Gasteiger partial charge is 0.416 e. The third-order valence-electron chi connectivity index (χ3n) is 6.70. The summed E-state index contributed by atoms with van der Waals surface area (Å²) in [5.41, 5.74) is -3.27. The van der Waals surface area contributed by atoms with E-state index in [4.69, 9.17) is 4.74 Å². The van der Waals surface area contributed by atoms with E-state index < -0.39 is 59.3 Å². The number of halogens is 6. The summed E-state index contributed by atoms with van der Waals surface area (Å²) in [5.74, 6) is 0. The molecule has 3 amide bonds. The van der Waals surface area contributed by atoms with E-state index in [1.54, 1.807) is 51.1 Å². The zero-order chi connectivity index (χ0) is 30.0. The quantitative estimate of drug-likeness (QED) is 0.384. The molecule has 1 unspecified atom stereocenters. The molecule has 2 aromatic rings. The number of hydrogen-bond donors (Lipinski definition) is 1. The number of carbonyl (C=O) groups is 2. The molecule has 3 rings (SSSR count). The number of amides is 3. The Hall–Kier alpha value is -3.44. The van der Waals surface area contributed by atoms with E-state index in [0.717, 1.165) is 4.90 Å². The van der Waals surface area contributed by atoms with Crippen LogP contribution in [0.1, 0.15) is 74.9 Å². The molecule has 0 spiro atoms. The standard InChI is InChI=1S/C28H33F6N3O3/c1-17(19-14-20(27(29,30)31)16-21(15-19)28(32,33)34)36(5)25(39)37-13-9-12-22(35-24(38)40-26(2,3)4)23(37)18-10-7-6-8-11-18/h6-8,10-11,14-17,22-23H,9,12-13H2,1-5H3,(H,35,38)/t17?,22-,23+/m1/s1. The summed E-state index contributed by atoms with van der Waals surface area (Å²) in [6.07, 6.45) is -9.67. The summed E-state index contributed by atoms with van der Waals surface area (Å²) in [6, 6.07) is 7.25. The van der Waals surface area contributed by atoms with Crippen LogP contribution in [0.3, 0.4) is 0 Å². The zero-order valence-electron chi connectivity index (χ0n) is 22.9. The number of carbonyl (C=O) groups excluding carboxylic acids is 2. The molecule has 1 aliphatic heterocycles. The Morgan fingerprint density at radius 2 is 1.52 bits per heavy atom. The van der Waals surface area contributed by atoms with Crippen LogP contribution in [0, 0.1) is 0 Å². The molecule has 0 saturated carbocycles. The molecule has 0 aliphatic carbocycles. The van der Waals surface area contributed by atoms with Crippen LogP contribution in [0.5, 0.6) is 0 Å². The predicted octanol–water partition coefficient (Wildman–Crippen LogP) is 7.57. The van der Waals surface area contributed by atoms with Gasteiger partial charge in [0.05, 0.1) is 29.3 Å². The number of alkyl carbamates (subject to hydrolysis) is 1. The second-order valence-electron chi connectivity index (χ2n) is 10.9. The molecule has 220 valence electrons. The molecular weight excluding hydrogens is 540 g/mol. The largest absolute Gasteiger partial charge is 0.444 e. The maximum Gasteiger partial charge on any atom is 0.416 e. The molecule has 0 bridgehead atoms. The number of ether oxygens (including phenoxy) is 1. The van der Waals surface area contributed by atoms with Crippen LogP contribution in [0.4, 0.5) is 35.9 Å². The highest BCUT2D eigenvalue weighted by Gasteiger charge is 2.41. The molecule has 6 nitrogen and oxygen atoms in total. The van der Waals surface area contributed by atoms with Crippen molar-refractivity contribution >= 4 is 12.1 Å². The van der Waals surface area contributed by atoms with Gasteiger partial charge in [0.15, 0.2) is 0 Å². The minimum atomic E-state index is -5.01. The molecule has 3 atom stereocenters. The van der Waals surface area contributed by atoms with Crippen LogP contribution in [0.15, 0.2) is 48.5 Å². The number of nitrogens with zero attached hydrogens (tertiary/aromatic N) is 2. The summed E-state index contributed by atoms with van der Waals surface area (Å²) in [4.78, 5) is 29.0. The predicted molar refractivity (Wildman–Crippen MR) is 136 cm³/mol. The Bertz CT molecular complexity index is 1160. The maximum absolute atomic E-state index is 13.8. The topological polar surface area (TPSA) is 61.9 Å². The molecule has 1 saturated heterocycles. The third kappa shape index (κ3) is 7.60. The van der Waals surface area contributed by atoms with Crippen molar-refractivity contribution < 1.29 is 40.7 Å². The van der Waals surface area contributed by atoms with Gasteiger partial charge in [0.2, 0.25) is 0 Å². The normalized spacial score (nSPS) is 19.1. The fourth-order valence-corrected chi connectivity index (χ4v) is 4.69. The van der Waals surface area contributed by atoms with Crippen molar-refractivity contribution in [3.05, 3.63) is 70.8 Å². The van der Waals surface area contributed by atoms with Crippen LogP contribution in [0.25, 0.3) is 0 Å². The van der Waals surface area contributed by atoms with Crippen LogP contribution < -0.4 is 5.32 Å². The highest BCUT2D eigenvalue weighted by Crippen LogP contribution is 2.39. The van der Waals surface area contributed by atoms with Gasteiger partial charge in [-0.25, -0.2) is 9.59 Å². The van der Waals surface area contributed by atoms with Gasteiger partial charge in [-0.1, -0.05) is 30.3 Å². The minimum Gasteiger partial charge on any atom is -0.444 e. The molecule has 1 heterocycles. The highest BCUT2D eigenvalue weighted by atomic mass is 19.4. The summed E-state index contributed by atoms with van der Waals surface area (Å²) in [6.45, 7) is 6.77. The first kappa shape index (κ1) is 31.1. The van der Waals surface area contributed by atoms with E-state index in [1.807, 2.05) is 0 Å². The number of piperidine rings is 1. The van der Waals surface area contributed by atoms with Crippen molar-refractivity contribution in [1.29, 1.82) is 0 Å². The van der Waals surface area contributed by atoms with Gasteiger partial charge in [-0.05, 0) is 69.9 Å². The summed E-state index contributed by atoms with van der Waals surface area (Å²) in [5, 5.41) is 2.83. The minimum absolute atomic E-state index is 0.0566. The number of rotatable bonds is 4. The Labute approximate surface area is 229 Å². The first-order chi connectivity index (χ1) is 18.4. The molecule has 1 aliphatic rings. The molecule has 2 aromatic carbocycles. The molecule has 1 fully saturated rings. The highest BCUT2D eigenvalue weighted by molar-refractivity contribution is 5.76. The molecule has 1 N–H and O–H groups in total. The first-order valence-electron chi connectivity index (χ1n) is 12.8. The fourth-order valence-electron chi connectivity index (χ4n) is 4.69. The van der Waals surface area contributed by atoms with Gasteiger partial charge in [0, 0.05) is 13.6 Å². The molecule has 40 heavy (non-hydrogen) atoms. The molecular formula is C28H33F6N3O3. The monoisotopic (exact) mass is 573 g/mol. The lowest BCUT2D eigenvalue weighted by atomic mass is 9.90. The van der Waals surface area contributed by atoms with E-state index in [2.05, 4.69) is 5.32 Å². The second kappa shape index (κ2) is 11.6. The van der Waals surface area contributed by atoms with Crippen molar-refractivity contribution in [2.45, 2.75) is 76.6 Å². The lowest BCUT2D eigenvalue weighted by molar-refractivity contribution is -0.143. The van der Waals surface area contributed by atoms with Crippen LogP contribution in [0.2, 0.25) is 0 Å². The number of nitrogens with one attached hydrogen (secondary N) is 1. The summed E-state index contributed by atoms with van der Waals surface area (Å²) in [7, 11) is 1.33. The summed E-state index contributed by atoms with van der Waals surface area (Å²) >= 11 is 0. The molecule has 0 radical (unpaired) electrons. The van der Waals surface area contributed by atoms with Gasteiger partial charge in [0.25, 0.3) is 0 Å². The third-order valence-corrected chi connectivity index (χ3v) is 6.70. The van der Waals surface area contributed by atoms with Crippen LogP contribution in [-0.2, 0) is 17.1 Å². The van der Waals surface area contributed by atoms with Crippen LogP contribution >= 0.6 is 0 Å². The van der Waals surface area contributed by atoms with Gasteiger partial charge in [-0.15, -0.1) is 0 Å². The number of hydrogen-bond acceptors (Lipinski definition) is 3. The van der Waals surface area contributed by atoms with Gasteiger partial charge < -0.3 is 19.9 Å². The second-order valence-corrected chi connectivity index (χ2v) is 10.9. The van der Waals surface area contributed by atoms with Gasteiger partial charge in [-0.2, -0.15) is 26.3 Å². The number of benzene rings is 2. The average Bonchev–Trinajstić information content (AvgIpc) is 2.85. The number of likely N-dealkylation sites (tertiary alicyclic amines) is 1. The number of alkyl halides is 6. The van der Waals surface area contributed by atoms with Crippen LogP contribution in [-0.4, -0.2) is 47.2 Å². The van der Waals surface area contributed by atoms with E-state index in [-0.39, 0.29) is 18.2 Å². The van der Waals surface area contributed by atoms with Crippen molar-refractivity contribution in [3.8, 4) is 0 Å².